The number of aryl methyl sites for hydroxylation is 1. The highest BCUT2D eigenvalue weighted by atomic mass is 35.5. The number of rotatable bonds is 12. The Kier molecular flexibility index (Phi) is 11.0. The molecule has 1 aliphatic rings. The van der Waals surface area contributed by atoms with Crippen LogP contribution in [-0.4, -0.2) is 43.8 Å². The predicted octanol–water partition coefficient (Wildman–Crippen LogP) is 7.20. The standard InChI is InChI=1S/C36H37Cl2N3O4S/c1-26-13-8-11-22-33(26)41(46(44,45)29-18-6-3-7-19-29)25-35(42)40(24-30-31(37)20-12-21-32(30)38)34(23-27-14-4-2-5-15-27)36(43)39-28-16-9-10-17-28/h2-8,11-15,18-22,28,34H,9-10,16-17,23-25H2,1H3,(H,39,43)/t34-/m0/s1. The number of benzene rings is 4. The Bertz CT molecular complexity index is 1740. The van der Waals surface area contributed by atoms with Gasteiger partial charge in [0.05, 0.1) is 10.6 Å². The van der Waals surface area contributed by atoms with Gasteiger partial charge in [0.15, 0.2) is 0 Å². The topological polar surface area (TPSA) is 86.8 Å². The van der Waals surface area contributed by atoms with Crippen molar-refractivity contribution in [1.82, 2.24) is 10.2 Å². The summed E-state index contributed by atoms with van der Waals surface area (Å²) in [4.78, 5) is 30.3. The molecule has 1 saturated carbocycles. The van der Waals surface area contributed by atoms with Crippen molar-refractivity contribution < 1.29 is 18.0 Å². The predicted molar refractivity (Wildman–Crippen MR) is 183 cm³/mol. The zero-order chi connectivity index (χ0) is 32.7. The molecular weight excluding hydrogens is 641 g/mol. The molecule has 1 N–H and O–H groups in total. The van der Waals surface area contributed by atoms with Gasteiger partial charge in [-0.05, 0) is 61.2 Å². The molecule has 0 aliphatic heterocycles. The molecule has 0 aromatic heterocycles. The summed E-state index contributed by atoms with van der Waals surface area (Å²) < 4.78 is 29.5. The van der Waals surface area contributed by atoms with E-state index in [4.69, 9.17) is 23.2 Å². The summed E-state index contributed by atoms with van der Waals surface area (Å²) in [6, 6.07) is 28.6. The third-order valence-electron chi connectivity index (χ3n) is 8.36. The number of nitrogens with one attached hydrogen (secondary N) is 1. The summed E-state index contributed by atoms with van der Waals surface area (Å²) in [6.07, 6.45) is 3.99. The van der Waals surface area contributed by atoms with Crippen molar-refractivity contribution in [2.45, 2.75) is 62.6 Å². The molecule has 1 fully saturated rings. The molecule has 0 bridgehead atoms. The normalized spacial score (nSPS) is 14.1. The van der Waals surface area contributed by atoms with Gasteiger partial charge in [0, 0.05) is 34.6 Å². The van der Waals surface area contributed by atoms with E-state index in [-0.39, 0.29) is 29.8 Å². The number of nitrogens with zero attached hydrogens (tertiary/aromatic N) is 2. The first-order valence-electron chi connectivity index (χ1n) is 15.3. The fourth-order valence-electron chi connectivity index (χ4n) is 5.85. The van der Waals surface area contributed by atoms with Crippen LogP contribution in [0.5, 0.6) is 0 Å². The zero-order valence-electron chi connectivity index (χ0n) is 25.6. The van der Waals surface area contributed by atoms with Crippen LogP contribution >= 0.6 is 23.2 Å². The summed E-state index contributed by atoms with van der Waals surface area (Å²) >= 11 is 13.2. The maximum absolute atomic E-state index is 14.7. The highest BCUT2D eigenvalue weighted by Crippen LogP contribution is 2.30. The average molecular weight is 679 g/mol. The molecule has 0 spiro atoms. The van der Waals surface area contributed by atoms with Crippen molar-refractivity contribution in [3.63, 3.8) is 0 Å². The number of carbonyl (C=O) groups excluding carboxylic acids is 2. The molecular formula is C36H37Cl2N3O4S. The van der Waals surface area contributed by atoms with E-state index in [0.717, 1.165) is 35.6 Å². The van der Waals surface area contributed by atoms with Crippen LogP contribution in [0.2, 0.25) is 10.0 Å². The Morgan fingerprint density at radius 3 is 2.04 bits per heavy atom. The molecule has 46 heavy (non-hydrogen) atoms. The Hall–Kier alpha value is -3.85. The van der Waals surface area contributed by atoms with Crippen LogP contribution in [0.15, 0.2) is 108 Å². The third kappa shape index (κ3) is 7.92. The van der Waals surface area contributed by atoms with E-state index in [0.29, 0.717) is 26.9 Å². The second-order valence-corrected chi connectivity index (χ2v) is 14.2. The van der Waals surface area contributed by atoms with E-state index >= 15 is 0 Å². The van der Waals surface area contributed by atoms with E-state index in [1.54, 1.807) is 61.5 Å². The molecule has 4 aromatic carbocycles. The number of amides is 2. The van der Waals surface area contributed by atoms with Gasteiger partial charge in [0.25, 0.3) is 10.0 Å². The van der Waals surface area contributed by atoms with Crippen LogP contribution in [0, 0.1) is 6.92 Å². The summed E-state index contributed by atoms with van der Waals surface area (Å²) in [6.45, 7) is 1.15. The largest absolute Gasteiger partial charge is 0.352 e. The van der Waals surface area contributed by atoms with Crippen LogP contribution in [0.1, 0.15) is 42.4 Å². The first kappa shape index (κ1) is 33.5. The van der Waals surface area contributed by atoms with E-state index in [1.165, 1.54) is 17.0 Å². The Balaban J connectivity index is 1.60. The van der Waals surface area contributed by atoms with Gasteiger partial charge < -0.3 is 10.2 Å². The molecule has 240 valence electrons. The second-order valence-electron chi connectivity index (χ2n) is 11.5. The van der Waals surface area contributed by atoms with Crippen LogP contribution < -0.4 is 9.62 Å². The Labute approximate surface area is 281 Å². The van der Waals surface area contributed by atoms with Crippen molar-refractivity contribution in [1.29, 1.82) is 0 Å². The van der Waals surface area contributed by atoms with Gasteiger partial charge in [-0.2, -0.15) is 0 Å². The number of carbonyl (C=O) groups is 2. The van der Waals surface area contributed by atoms with Crippen molar-refractivity contribution in [2.24, 2.45) is 0 Å². The maximum Gasteiger partial charge on any atom is 0.264 e. The van der Waals surface area contributed by atoms with Crippen molar-refractivity contribution in [3.8, 4) is 0 Å². The van der Waals surface area contributed by atoms with Gasteiger partial charge in [-0.1, -0.05) is 109 Å². The SMILES string of the molecule is Cc1ccccc1N(CC(=O)N(Cc1c(Cl)cccc1Cl)[C@@H](Cc1ccccc1)C(=O)NC1CCCC1)S(=O)(=O)c1ccccc1. The van der Waals surface area contributed by atoms with E-state index in [1.807, 2.05) is 36.4 Å². The first-order valence-corrected chi connectivity index (χ1v) is 17.5. The lowest BCUT2D eigenvalue weighted by molar-refractivity contribution is -0.140. The summed E-state index contributed by atoms with van der Waals surface area (Å²) in [5.74, 6) is -0.873. The molecule has 0 saturated heterocycles. The second kappa shape index (κ2) is 15.2. The molecule has 4 aromatic rings. The number of hydrogen-bond donors (Lipinski definition) is 1. The third-order valence-corrected chi connectivity index (χ3v) is 10.8. The molecule has 0 radical (unpaired) electrons. The smallest absolute Gasteiger partial charge is 0.264 e. The van der Waals surface area contributed by atoms with Crippen LogP contribution in [-0.2, 0) is 32.6 Å². The highest BCUT2D eigenvalue weighted by Gasteiger charge is 2.36. The molecule has 0 heterocycles. The summed E-state index contributed by atoms with van der Waals surface area (Å²) in [7, 11) is -4.18. The van der Waals surface area contributed by atoms with E-state index < -0.39 is 28.5 Å². The number of hydrogen-bond acceptors (Lipinski definition) is 4. The fourth-order valence-corrected chi connectivity index (χ4v) is 7.87. The van der Waals surface area contributed by atoms with Crippen LogP contribution in [0.3, 0.4) is 0 Å². The molecule has 7 nitrogen and oxygen atoms in total. The molecule has 0 unspecified atom stereocenters. The Morgan fingerprint density at radius 1 is 0.826 bits per heavy atom. The van der Waals surface area contributed by atoms with Gasteiger partial charge in [0.2, 0.25) is 11.8 Å². The lowest BCUT2D eigenvalue weighted by Crippen LogP contribution is -2.54. The lowest BCUT2D eigenvalue weighted by Gasteiger charge is -2.35. The van der Waals surface area contributed by atoms with Gasteiger partial charge in [0.1, 0.15) is 12.6 Å². The van der Waals surface area contributed by atoms with Crippen molar-refractivity contribution in [2.75, 3.05) is 10.8 Å². The maximum atomic E-state index is 14.7. The summed E-state index contributed by atoms with van der Waals surface area (Å²) in [5, 5.41) is 3.85. The molecule has 2 amide bonds. The fraction of sp³-hybridized carbons (Fsp3) is 0.278. The van der Waals surface area contributed by atoms with Crippen LogP contribution in [0.25, 0.3) is 0 Å². The van der Waals surface area contributed by atoms with Gasteiger partial charge in [-0.15, -0.1) is 0 Å². The Morgan fingerprint density at radius 2 is 1.41 bits per heavy atom. The number of anilines is 1. The van der Waals surface area contributed by atoms with Crippen LogP contribution in [0.4, 0.5) is 5.69 Å². The van der Waals surface area contributed by atoms with E-state index in [2.05, 4.69) is 5.32 Å². The quantitative estimate of drug-likeness (QED) is 0.172. The highest BCUT2D eigenvalue weighted by molar-refractivity contribution is 7.92. The van der Waals surface area contributed by atoms with Crippen molar-refractivity contribution in [3.05, 3.63) is 130 Å². The molecule has 1 atom stereocenters. The molecule has 1 aliphatic carbocycles. The summed E-state index contributed by atoms with van der Waals surface area (Å²) in [5.41, 5.74) is 2.37. The molecule has 10 heteroatoms. The lowest BCUT2D eigenvalue weighted by atomic mass is 10.0. The zero-order valence-corrected chi connectivity index (χ0v) is 27.9. The minimum Gasteiger partial charge on any atom is -0.352 e. The number of para-hydroxylation sites is 1. The average Bonchev–Trinajstić information content (AvgIpc) is 3.57. The van der Waals surface area contributed by atoms with Gasteiger partial charge in [-0.25, -0.2) is 8.42 Å². The monoisotopic (exact) mass is 677 g/mol. The van der Waals surface area contributed by atoms with E-state index in [9.17, 15) is 18.0 Å². The van der Waals surface area contributed by atoms with Crippen molar-refractivity contribution >= 4 is 50.7 Å². The van der Waals surface area contributed by atoms with Gasteiger partial charge in [-0.3, -0.25) is 13.9 Å². The van der Waals surface area contributed by atoms with Gasteiger partial charge >= 0.3 is 0 Å². The minimum atomic E-state index is -4.18. The first-order chi connectivity index (χ1) is 22.1. The number of sulfonamides is 1. The minimum absolute atomic E-state index is 0.00792. The number of halogens is 2. The molecule has 5 rings (SSSR count).